The number of carbonyl (C=O) groups is 1. The molecule has 2 N–H and O–H groups in total. The highest BCUT2D eigenvalue weighted by molar-refractivity contribution is 5.82. The third kappa shape index (κ3) is 1.48. The third-order valence-electron chi connectivity index (χ3n) is 2.34. The molecule has 0 radical (unpaired) electrons. The van der Waals surface area contributed by atoms with Crippen LogP contribution in [0.1, 0.15) is 24.4 Å². The maximum atomic E-state index is 11.2. The largest absolute Gasteiger partial charge is 0.353 e. The van der Waals surface area contributed by atoms with Crippen molar-refractivity contribution in [1.82, 2.24) is 20.9 Å². The van der Waals surface area contributed by atoms with Gasteiger partial charge in [-0.1, -0.05) is 10.3 Å². The summed E-state index contributed by atoms with van der Waals surface area (Å²) in [5, 5.41) is 13.4. The van der Waals surface area contributed by atoms with Gasteiger partial charge in [0.15, 0.2) is 0 Å². The zero-order valence-electron chi connectivity index (χ0n) is 8.07. The van der Waals surface area contributed by atoms with Crippen LogP contribution in [0.15, 0.2) is 4.63 Å². The van der Waals surface area contributed by atoms with Crippen molar-refractivity contribution < 1.29 is 9.42 Å². The van der Waals surface area contributed by atoms with Gasteiger partial charge in [-0.3, -0.25) is 10.1 Å². The number of rotatable bonds is 1. The van der Waals surface area contributed by atoms with Gasteiger partial charge in [-0.2, -0.15) is 0 Å². The van der Waals surface area contributed by atoms with E-state index in [0.717, 1.165) is 11.4 Å². The third-order valence-corrected chi connectivity index (χ3v) is 2.34. The minimum Gasteiger partial charge on any atom is -0.353 e. The molecule has 0 aliphatic carbocycles. The molecule has 1 aromatic heterocycles. The molecule has 1 fully saturated rings. The van der Waals surface area contributed by atoms with Crippen molar-refractivity contribution in [2.45, 2.75) is 25.9 Å². The molecule has 76 valence electrons. The Hall–Kier alpha value is -1.43. The Balaban J connectivity index is 2.14. The van der Waals surface area contributed by atoms with Crippen molar-refractivity contribution in [2.75, 3.05) is 6.54 Å². The lowest BCUT2D eigenvalue weighted by Gasteiger charge is -2.27. The summed E-state index contributed by atoms with van der Waals surface area (Å²) in [6.07, 6.45) is 0. The van der Waals surface area contributed by atoms with E-state index in [2.05, 4.69) is 25.6 Å². The fraction of sp³-hybridized carbons (Fsp3) is 0.625. The maximum absolute atomic E-state index is 11.2. The molecule has 2 heterocycles. The van der Waals surface area contributed by atoms with Gasteiger partial charge < -0.3 is 5.32 Å². The zero-order valence-corrected chi connectivity index (χ0v) is 8.07. The van der Waals surface area contributed by atoms with E-state index in [1.807, 2.05) is 13.8 Å². The van der Waals surface area contributed by atoms with E-state index in [1.165, 1.54) is 0 Å². The number of carbonyl (C=O) groups excluding carboxylic acids is 1. The van der Waals surface area contributed by atoms with Gasteiger partial charge in [0.2, 0.25) is 5.91 Å². The molecule has 1 saturated heterocycles. The summed E-state index contributed by atoms with van der Waals surface area (Å²) in [6.45, 7) is 4.16. The number of nitrogens with one attached hydrogen (secondary N) is 2. The SMILES string of the molecule is Cc1nonc1C1CNC(=O)C(C)N1. The standard InChI is InChI=1S/C8H12N4O2/c1-4-7(12-14-11-4)6-3-9-8(13)5(2)10-6/h5-6,10H,3H2,1-2H3,(H,9,13). The van der Waals surface area contributed by atoms with Crippen LogP contribution in [0.3, 0.4) is 0 Å². The first-order chi connectivity index (χ1) is 6.68. The number of piperazine rings is 1. The van der Waals surface area contributed by atoms with Crippen LogP contribution in [0.25, 0.3) is 0 Å². The van der Waals surface area contributed by atoms with Crippen LogP contribution in [0.5, 0.6) is 0 Å². The Kier molecular flexibility index (Phi) is 2.20. The second kappa shape index (κ2) is 3.38. The smallest absolute Gasteiger partial charge is 0.236 e. The second-order valence-electron chi connectivity index (χ2n) is 3.42. The minimum absolute atomic E-state index is 0.00560. The Morgan fingerprint density at radius 3 is 2.86 bits per heavy atom. The van der Waals surface area contributed by atoms with Crippen molar-refractivity contribution in [3.63, 3.8) is 0 Å². The Labute approximate surface area is 81.0 Å². The first-order valence-electron chi connectivity index (χ1n) is 4.51. The fourth-order valence-electron chi connectivity index (χ4n) is 1.52. The molecule has 1 aromatic rings. The van der Waals surface area contributed by atoms with E-state index in [-0.39, 0.29) is 18.0 Å². The summed E-state index contributed by atoms with van der Waals surface area (Å²) in [4.78, 5) is 11.2. The van der Waals surface area contributed by atoms with Gasteiger partial charge in [-0.25, -0.2) is 4.63 Å². The summed E-state index contributed by atoms with van der Waals surface area (Å²) in [7, 11) is 0. The number of amides is 1. The second-order valence-corrected chi connectivity index (χ2v) is 3.42. The van der Waals surface area contributed by atoms with E-state index >= 15 is 0 Å². The molecule has 14 heavy (non-hydrogen) atoms. The minimum atomic E-state index is -0.204. The van der Waals surface area contributed by atoms with Crippen LogP contribution in [-0.2, 0) is 4.79 Å². The van der Waals surface area contributed by atoms with Gasteiger partial charge in [-0.05, 0) is 13.8 Å². The lowest BCUT2D eigenvalue weighted by Crippen LogP contribution is -2.53. The molecule has 2 rings (SSSR count). The number of aryl methyl sites for hydroxylation is 1. The van der Waals surface area contributed by atoms with E-state index in [4.69, 9.17) is 0 Å². The number of hydrogen-bond donors (Lipinski definition) is 2. The number of aromatic nitrogens is 2. The molecule has 0 bridgehead atoms. The summed E-state index contributed by atoms with van der Waals surface area (Å²) in [6, 6.07) is -0.209. The van der Waals surface area contributed by atoms with Gasteiger partial charge in [-0.15, -0.1) is 0 Å². The molecule has 1 amide bonds. The highest BCUT2D eigenvalue weighted by Gasteiger charge is 2.28. The maximum Gasteiger partial charge on any atom is 0.236 e. The van der Waals surface area contributed by atoms with Gasteiger partial charge >= 0.3 is 0 Å². The number of nitrogens with zero attached hydrogens (tertiary/aromatic N) is 2. The van der Waals surface area contributed by atoms with Crippen molar-refractivity contribution in [3.8, 4) is 0 Å². The highest BCUT2D eigenvalue weighted by atomic mass is 16.6. The van der Waals surface area contributed by atoms with E-state index in [9.17, 15) is 4.79 Å². The predicted octanol–water partition coefficient (Wildman–Crippen LogP) is -0.473. The Morgan fingerprint density at radius 1 is 1.50 bits per heavy atom. The van der Waals surface area contributed by atoms with Crippen LogP contribution in [0.2, 0.25) is 0 Å². The molecule has 0 spiro atoms. The highest BCUT2D eigenvalue weighted by Crippen LogP contribution is 2.15. The lowest BCUT2D eigenvalue weighted by atomic mass is 10.1. The molecule has 6 nitrogen and oxygen atoms in total. The predicted molar refractivity (Wildman–Crippen MR) is 47.4 cm³/mol. The van der Waals surface area contributed by atoms with Crippen molar-refractivity contribution in [1.29, 1.82) is 0 Å². The lowest BCUT2D eigenvalue weighted by molar-refractivity contribution is -0.124. The van der Waals surface area contributed by atoms with Gasteiger partial charge in [0.1, 0.15) is 11.4 Å². The van der Waals surface area contributed by atoms with Crippen molar-refractivity contribution in [2.24, 2.45) is 0 Å². The van der Waals surface area contributed by atoms with Crippen molar-refractivity contribution in [3.05, 3.63) is 11.4 Å². The average molecular weight is 196 g/mol. The molecule has 2 atom stereocenters. The number of hydrogen-bond acceptors (Lipinski definition) is 5. The summed E-state index contributed by atoms with van der Waals surface area (Å²) < 4.78 is 4.61. The van der Waals surface area contributed by atoms with Gasteiger partial charge in [0.05, 0.1) is 12.1 Å². The summed E-state index contributed by atoms with van der Waals surface area (Å²) in [5.74, 6) is 0.00959. The summed E-state index contributed by atoms with van der Waals surface area (Å²) in [5.41, 5.74) is 1.52. The first kappa shape index (κ1) is 9.14. The first-order valence-corrected chi connectivity index (χ1v) is 4.51. The van der Waals surface area contributed by atoms with Crippen LogP contribution >= 0.6 is 0 Å². The van der Waals surface area contributed by atoms with Crippen LogP contribution < -0.4 is 10.6 Å². The molecule has 2 unspecified atom stereocenters. The molecule has 6 heteroatoms. The van der Waals surface area contributed by atoms with Gasteiger partial charge in [0.25, 0.3) is 0 Å². The quantitative estimate of drug-likeness (QED) is 0.634. The van der Waals surface area contributed by atoms with E-state index < -0.39 is 0 Å². The average Bonchev–Trinajstić information content (AvgIpc) is 2.57. The normalized spacial score (nSPS) is 27.4. The van der Waals surface area contributed by atoms with Gasteiger partial charge in [0, 0.05) is 6.54 Å². The molecular formula is C8H12N4O2. The molecule has 0 aromatic carbocycles. The van der Waals surface area contributed by atoms with Crippen LogP contribution in [0.4, 0.5) is 0 Å². The molecule has 0 saturated carbocycles. The van der Waals surface area contributed by atoms with E-state index in [0.29, 0.717) is 6.54 Å². The molecule has 1 aliphatic heterocycles. The summed E-state index contributed by atoms with van der Waals surface area (Å²) >= 11 is 0. The van der Waals surface area contributed by atoms with Crippen molar-refractivity contribution >= 4 is 5.91 Å². The molecular weight excluding hydrogens is 184 g/mol. The van der Waals surface area contributed by atoms with Crippen LogP contribution in [-0.4, -0.2) is 28.8 Å². The van der Waals surface area contributed by atoms with Crippen LogP contribution in [0, 0.1) is 6.92 Å². The Morgan fingerprint density at radius 2 is 2.29 bits per heavy atom. The van der Waals surface area contributed by atoms with E-state index in [1.54, 1.807) is 0 Å². The zero-order chi connectivity index (χ0) is 10.1. The topological polar surface area (TPSA) is 80.1 Å². The molecule has 1 aliphatic rings. The Bertz CT molecular complexity index is 349. The fourth-order valence-corrected chi connectivity index (χ4v) is 1.52. The monoisotopic (exact) mass is 196 g/mol.